The summed E-state index contributed by atoms with van der Waals surface area (Å²) in [5.41, 5.74) is 0.921. The van der Waals surface area contributed by atoms with Crippen LogP contribution in [0.1, 0.15) is 22.1 Å². The fourth-order valence-corrected chi connectivity index (χ4v) is 2.81. The van der Waals surface area contributed by atoms with E-state index in [9.17, 15) is 13.2 Å². The van der Waals surface area contributed by atoms with Crippen molar-refractivity contribution in [2.24, 2.45) is 0 Å². The Bertz CT molecular complexity index is 656. The molecule has 1 atom stereocenters. The molecular weight excluding hydrogens is 295 g/mol. The molecule has 0 fully saturated rings. The number of halogens is 3. The van der Waals surface area contributed by atoms with Gasteiger partial charge in [-0.1, -0.05) is 18.2 Å². The summed E-state index contributed by atoms with van der Waals surface area (Å²) in [5, 5.41) is -0.548. The topological polar surface area (TPSA) is 4.36 Å². The van der Waals surface area contributed by atoms with Crippen LogP contribution in [0, 0.1) is 13.5 Å². The highest BCUT2D eigenvalue weighted by Crippen LogP contribution is 2.39. The van der Waals surface area contributed by atoms with E-state index in [0.29, 0.717) is 5.56 Å². The highest BCUT2D eigenvalue weighted by molar-refractivity contribution is 7.99. The molecule has 2 aromatic carbocycles. The third-order valence-electron chi connectivity index (χ3n) is 2.97. The number of hydrogen-bond acceptors (Lipinski definition) is 1. The van der Waals surface area contributed by atoms with Crippen molar-refractivity contribution in [3.8, 4) is 0 Å². The molecule has 0 aliphatic heterocycles. The predicted octanol–water partition coefficient (Wildman–Crippen LogP) is 5.72. The summed E-state index contributed by atoms with van der Waals surface area (Å²) >= 11 is 1.35. The molecule has 1 unspecified atom stereocenters. The number of thioether (sulfide) groups is 1. The van der Waals surface area contributed by atoms with E-state index < -0.39 is 17.1 Å². The van der Waals surface area contributed by atoms with Crippen molar-refractivity contribution < 1.29 is 13.2 Å². The van der Waals surface area contributed by atoms with Gasteiger partial charge in [-0.3, -0.25) is 4.85 Å². The summed E-state index contributed by atoms with van der Waals surface area (Å²) in [5.74, 6) is 0. The zero-order chi connectivity index (χ0) is 15.5. The minimum atomic E-state index is -4.35. The van der Waals surface area contributed by atoms with Gasteiger partial charge in [0, 0.05) is 10.5 Å². The molecule has 0 aliphatic carbocycles. The third-order valence-corrected chi connectivity index (χ3v) is 4.29. The molecule has 21 heavy (non-hydrogen) atoms. The quantitative estimate of drug-likeness (QED) is 0.518. The first-order valence-corrected chi connectivity index (χ1v) is 7.06. The Morgan fingerprint density at radius 2 is 1.67 bits per heavy atom. The zero-order valence-electron chi connectivity index (χ0n) is 11.2. The van der Waals surface area contributed by atoms with Crippen molar-refractivity contribution in [1.82, 2.24) is 0 Å². The van der Waals surface area contributed by atoms with E-state index in [1.54, 1.807) is 0 Å². The van der Waals surface area contributed by atoms with Crippen LogP contribution in [0.15, 0.2) is 53.4 Å². The molecule has 0 spiro atoms. The molecule has 0 saturated carbocycles. The van der Waals surface area contributed by atoms with Gasteiger partial charge in [-0.05, 0) is 54.6 Å². The van der Waals surface area contributed by atoms with Gasteiger partial charge in [-0.25, -0.2) is 6.57 Å². The molecule has 2 rings (SSSR count). The fraction of sp³-hybridized carbons (Fsp3) is 0.188. The molecule has 1 nitrogen and oxygen atoms in total. The number of nitrogens with zero attached hydrogens (tertiary/aromatic N) is 1. The highest BCUT2D eigenvalue weighted by Gasteiger charge is 2.30. The number of hydrogen-bond donors (Lipinski definition) is 0. The van der Waals surface area contributed by atoms with Crippen LogP contribution in [0.4, 0.5) is 13.2 Å². The summed E-state index contributed by atoms with van der Waals surface area (Å²) in [7, 11) is 0. The van der Waals surface area contributed by atoms with E-state index in [4.69, 9.17) is 6.57 Å². The predicted molar refractivity (Wildman–Crippen MR) is 77.8 cm³/mol. The van der Waals surface area contributed by atoms with E-state index in [-0.39, 0.29) is 0 Å². The first-order valence-electron chi connectivity index (χ1n) is 6.18. The second-order valence-corrected chi connectivity index (χ2v) is 5.61. The lowest BCUT2D eigenvalue weighted by molar-refractivity contribution is -0.137. The molecule has 0 radical (unpaired) electrons. The Labute approximate surface area is 125 Å². The molecule has 0 aliphatic rings. The molecular formula is C16H12F3NS. The van der Waals surface area contributed by atoms with Gasteiger partial charge in [-0.2, -0.15) is 13.2 Å². The first-order chi connectivity index (χ1) is 9.91. The van der Waals surface area contributed by atoms with Crippen LogP contribution in [0.25, 0.3) is 4.85 Å². The van der Waals surface area contributed by atoms with Crippen LogP contribution < -0.4 is 0 Å². The third kappa shape index (κ3) is 3.79. The van der Waals surface area contributed by atoms with Crippen molar-refractivity contribution in [2.75, 3.05) is 0 Å². The number of rotatable bonds is 3. The SMILES string of the molecule is [C-]#[N+]C(Sc1ccccc1C)c1ccc(C(F)(F)F)cc1. The van der Waals surface area contributed by atoms with Crippen LogP contribution in [-0.2, 0) is 6.18 Å². The molecule has 0 bridgehead atoms. The van der Waals surface area contributed by atoms with Crippen LogP contribution in [0.3, 0.4) is 0 Å². The van der Waals surface area contributed by atoms with Crippen molar-refractivity contribution in [1.29, 1.82) is 0 Å². The highest BCUT2D eigenvalue weighted by atomic mass is 32.2. The van der Waals surface area contributed by atoms with Gasteiger partial charge in [0.25, 0.3) is 5.37 Å². The minimum Gasteiger partial charge on any atom is -0.296 e. The van der Waals surface area contributed by atoms with E-state index in [0.717, 1.165) is 22.6 Å². The van der Waals surface area contributed by atoms with Crippen molar-refractivity contribution in [3.63, 3.8) is 0 Å². The molecule has 0 aromatic heterocycles. The van der Waals surface area contributed by atoms with E-state index in [2.05, 4.69) is 4.85 Å². The molecule has 0 N–H and O–H groups in total. The Kier molecular flexibility index (Phi) is 4.59. The van der Waals surface area contributed by atoms with Crippen molar-refractivity contribution >= 4 is 11.8 Å². The maximum atomic E-state index is 12.5. The van der Waals surface area contributed by atoms with Gasteiger partial charge >= 0.3 is 6.18 Å². The maximum Gasteiger partial charge on any atom is 0.416 e. The number of alkyl halides is 3. The van der Waals surface area contributed by atoms with Crippen LogP contribution in [0.5, 0.6) is 0 Å². The smallest absolute Gasteiger partial charge is 0.296 e. The van der Waals surface area contributed by atoms with Gasteiger partial charge < -0.3 is 0 Å². The monoisotopic (exact) mass is 307 g/mol. The second-order valence-electron chi connectivity index (χ2n) is 4.48. The number of aryl methyl sites for hydroxylation is 1. The van der Waals surface area contributed by atoms with E-state index in [1.807, 2.05) is 31.2 Å². The Morgan fingerprint density at radius 3 is 2.19 bits per heavy atom. The molecule has 0 amide bonds. The van der Waals surface area contributed by atoms with E-state index >= 15 is 0 Å². The maximum absolute atomic E-state index is 12.5. The Hall–Kier alpha value is -1.93. The molecule has 2 aromatic rings. The summed E-state index contributed by atoms with van der Waals surface area (Å²) in [6.45, 7) is 9.22. The standard InChI is InChI=1S/C16H12F3NS/c1-11-5-3-4-6-14(11)21-15(20-2)12-7-9-13(10-8-12)16(17,18)19/h3-10,15H,1H3. The van der Waals surface area contributed by atoms with Gasteiger partial charge in [0.2, 0.25) is 0 Å². The van der Waals surface area contributed by atoms with Gasteiger partial charge in [-0.15, -0.1) is 0 Å². The van der Waals surface area contributed by atoms with Gasteiger partial charge in [0.1, 0.15) is 0 Å². The lowest BCUT2D eigenvalue weighted by Crippen LogP contribution is -2.04. The Balaban J connectivity index is 2.23. The average molecular weight is 307 g/mol. The summed E-state index contributed by atoms with van der Waals surface area (Å²) < 4.78 is 37.6. The van der Waals surface area contributed by atoms with E-state index in [1.165, 1.54) is 23.9 Å². The lowest BCUT2D eigenvalue weighted by atomic mass is 10.1. The van der Waals surface area contributed by atoms with Gasteiger partial charge in [0.05, 0.1) is 5.56 Å². The molecule has 0 saturated heterocycles. The average Bonchev–Trinajstić information content (AvgIpc) is 2.46. The number of benzene rings is 2. The van der Waals surface area contributed by atoms with Crippen LogP contribution in [-0.4, -0.2) is 0 Å². The minimum absolute atomic E-state index is 0.548. The normalized spacial score (nSPS) is 12.7. The second kappa shape index (κ2) is 6.23. The van der Waals surface area contributed by atoms with Gasteiger partial charge in [0.15, 0.2) is 0 Å². The first kappa shape index (κ1) is 15.5. The summed E-state index contributed by atoms with van der Waals surface area (Å²) in [6, 6.07) is 12.4. The lowest BCUT2D eigenvalue weighted by Gasteiger charge is -2.10. The van der Waals surface area contributed by atoms with Crippen LogP contribution >= 0.6 is 11.8 Å². The molecule has 108 valence electrons. The molecule has 5 heteroatoms. The summed E-state index contributed by atoms with van der Waals surface area (Å²) in [6.07, 6.45) is -4.35. The largest absolute Gasteiger partial charge is 0.416 e. The Morgan fingerprint density at radius 1 is 1.05 bits per heavy atom. The summed E-state index contributed by atoms with van der Waals surface area (Å²) in [4.78, 5) is 4.48. The van der Waals surface area contributed by atoms with Crippen molar-refractivity contribution in [3.05, 3.63) is 76.6 Å². The fourth-order valence-electron chi connectivity index (χ4n) is 1.81. The van der Waals surface area contributed by atoms with Crippen LogP contribution in [0.2, 0.25) is 0 Å². The van der Waals surface area contributed by atoms with Crippen molar-refractivity contribution in [2.45, 2.75) is 23.4 Å². The zero-order valence-corrected chi connectivity index (χ0v) is 12.0. The molecule has 0 heterocycles.